The second-order valence-electron chi connectivity index (χ2n) is 9.86. The lowest BCUT2D eigenvalue weighted by Gasteiger charge is -2.22. The van der Waals surface area contributed by atoms with E-state index in [4.69, 9.17) is 4.74 Å². The number of nitrogens with zero attached hydrogens (tertiary/aromatic N) is 3. The largest absolute Gasteiger partial charge is 0.444 e. The highest BCUT2D eigenvalue weighted by molar-refractivity contribution is 7.90. The maximum absolute atomic E-state index is 13.9. The lowest BCUT2D eigenvalue weighted by Crippen LogP contribution is -2.34. The summed E-state index contributed by atoms with van der Waals surface area (Å²) < 4.78 is 34.4. The lowest BCUT2D eigenvalue weighted by molar-refractivity contribution is 0.0503. The van der Waals surface area contributed by atoms with Crippen LogP contribution in [0.4, 0.5) is 4.79 Å². The van der Waals surface area contributed by atoms with Gasteiger partial charge < -0.3 is 10.1 Å². The Morgan fingerprint density at radius 1 is 1.11 bits per heavy atom. The number of fused-ring (bicyclic) bond motifs is 3. The van der Waals surface area contributed by atoms with E-state index in [0.29, 0.717) is 36.0 Å². The molecule has 1 atom stereocenters. The third-order valence-electron chi connectivity index (χ3n) is 6.17. The smallest absolute Gasteiger partial charge is 0.408 e. The van der Waals surface area contributed by atoms with E-state index in [0.717, 1.165) is 16.5 Å². The molecule has 190 valence electrons. The van der Waals surface area contributed by atoms with Crippen molar-refractivity contribution in [2.45, 2.75) is 50.2 Å². The highest BCUT2D eigenvalue weighted by Crippen LogP contribution is 2.40. The molecule has 1 N–H and O–H groups in total. The van der Waals surface area contributed by atoms with Gasteiger partial charge >= 0.3 is 6.09 Å². The van der Waals surface area contributed by atoms with E-state index in [-0.39, 0.29) is 16.6 Å². The van der Waals surface area contributed by atoms with Crippen LogP contribution in [-0.4, -0.2) is 40.3 Å². The van der Waals surface area contributed by atoms with Gasteiger partial charge in [-0.15, -0.1) is 0 Å². The molecule has 0 bridgehead atoms. The molecule has 0 spiro atoms. The molecule has 0 saturated heterocycles. The number of carbonyl (C=O) groups excluding carboxylic acids is 2. The van der Waals surface area contributed by atoms with E-state index in [1.165, 1.54) is 16.4 Å². The number of nitrogens with one attached hydrogen (secondary N) is 1. The minimum atomic E-state index is -4.00. The molecule has 37 heavy (non-hydrogen) atoms. The fourth-order valence-corrected chi connectivity index (χ4v) is 6.18. The molecule has 1 aliphatic rings. The van der Waals surface area contributed by atoms with E-state index in [1.54, 1.807) is 63.2 Å². The zero-order valence-electron chi connectivity index (χ0n) is 20.6. The molecule has 0 aliphatic heterocycles. The lowest BCUT2D eigenvalue weighted by atomic mass is 10.0. The molecule has 0 fully saturated rings. The van der Waals surface area contributed by atoms with Crippen LogP contribution in [0.25, 0.3) is 22.3 Å². The third-order valence-corrected chi connectivity index (χ3v) is 7.92. The van der Waals surface area contributed by atoms with Crippen molar-refractivity contribution >= 4 is 33.3 Å². The Morgan fingerprint density at radius 3 is 2.51 bits per heavy atom. The molecule has 1 aliphatic carbocycles. The number of amides is 1. The van der Waals surface area contributed by atoms with Gasteiger partial charge in [0.05, 0.1) is 34.5 Å². The summed E-state index contributed by atoms with van der Waals surface area (Å²) in [5, 5.41) is 3.69. The molecule has 10 heteroatoms. The number of carbonyl (C=O) groups is 2. The molecule has 2 aromatic heterocycles. The molecule has 2 aromatic carbocycles. The number of aryl methyl sites for hydroxylation is 1. The summed E-state index contributed by atoms with van der Waals surface area (Å²) in [7, 11) is -4.00. The summed E-state index contributed by atoms with van der Waals surface area (Å²) in [6.45, 7) is 5.42. The molecule has 1 amide bonds. The molecular weight excluding hydrogens is 492 g/mol. The van der Waals surface area contributed by atoms with Gasteiger partial charge in [-0.25, -0.2) is 22.2 Å². The van der Waals surface area contributed by atoms with Crippen molar-refractivity contribution in [2.24, 2.45) is 0 Å². The van der Waals surface area contributed by atoms with Crippen LogP contribution in [0.2, 0.25) is 0 Å². The highest BCUT2D eigenvalue weighted by atomic mass is 32.2. The first-order chi connectivity index (χ1) is 17.6. The van der Waals surface area contributed by atoms with Gasteiger partial charge in [0.25, 0.3) is 10.0 Å². The number of rotatable bonds is 5. The predicted molar refractivity (Wildman–Crippen MR) is 138 cm³/mol. The van der Waals surface area contributed by atoms with Crippen LogP contribution < -0.4 is 5.32 Å². The van der Waals surface area contributed by atoms with Crippen LogP contribution in [0.5, 0.6) is 0 Å². The highest BCUT2D eigenvalue weighted by Gasteiger charge is 2.31. The van der Waals surface area contributed by atoms with Gasteiger partial charge in [0, 0.05) is 5.39 Å². The van der Waals surface area contributed by atoms with Crippen LogP contribution in [0, 0.1) is 0 Å². The Hall–Kier alpha value is -4.05. The number of aldehydes is 1. The van der Waals surface area contributed by atoms with Crippen molar-refractivity contribution in [3.05, 3.63) is 77.7 Å². The van der Waals surface area contributed by atoms with Gasteiger partial charge in [-0.1, -0.05) is 24.3 Å². The maximum Gasteiger partial charge on any atom is 0.408 e. The van der Waals surface area contributed by atoms with Crippen molar-refractivity contribution in [1.82, 2.24) is 19.3 Å². The fourth-order valence-electron chi connectivity index (χ4n) is 4.65. The molecule has 2 heterocycles. The van der Waals surface area contributed by atoms with Crippen molar-refractivity contribution in [2.75, 3.05) is 0 Å². The summed E-state index contributed by atoms with van der Waals surface area (Å²) in [5.41, 5.74) is 2.55. The molecule has 9 nitrogen and oxygen atoms in total. The fraction of sp³-hybridized carbons (Fsp3) is 0.259. The van der Waals surface area contributed by atoms with Crippen molar-refractivity contribution in [1.29, 1.82) is 0 Å². The molecule has 0 unspecified atom stereocenters. The first kappa shape index (κ1) is 24.6. The van der Waals surface area contributed by atoms with Crippen LogP contribution in [0.15, 0.2) is 65.8 Å². The quantitative estimate of drug-likeness (QED) is 0.382. The Bertz CT molecular complexity index is 1600. The SMILES string of the molecule is CC(C)(C)OC(=O)N[C@@H]1CCc2c1ccc1c2cc(-c2cnc(C=O)cn2)n1S(=O)(=O)c1ccccc1. The minimum absolute atomic E-state index is 0.135. The predicted octanol–water partition coefficient (Wildman–Crippen LogP) is 4.66. The average molecular weight is 519 g/mol. The zero-order valence-corrected chi connectivity index (χ0v) is 21.5. The van der Waals surface area contributed by atoms with Crippen LogP contribution in [-0.2, 0) is 21.2 Å². The molecule has 0 saturated carbocycles. The number of ether oxygens (including phenoxy) is 1. The van der Waals surface area contributed by atoms with E-state index in [1.807, 2.05) is 6.07 Å². The number of benzene rings is 2. The van der Waals surface area contributed by atoms with Gasteiger partial charge in [0.2, 0.25) is 0 Å². The zero-order chi connectivity index (χ0) is 26.4. The van der Waals surface area contributed by atoms with Gasteiger partial charge in [0.1, 0.15) is 17.0 Å². The Labute approximate surface area is 214 Å². The Balaban J connectivity index is 1.66. The molecule has 0 radical (unpaired) electrons. The number of aromatic nitrogens is 3. The van der Waals surface area contributed by atoms with Crippen molar-refractivity contribution in [3.8, 4) is 11.4 Å². The summed E-state index contributed by atoms with van der Waals surface area (Å²) in [6, 6.07) is 13.3. The monoisotopic (exact) mass is 518 g/mol. The van der Waals surface area contributed by atoms with Gasteiger partial charge in [0.15, 0.2) is 6.29 Å². The van der Waals surface area contributed by atoms with E-state index in [2.05, 4.69) is 15.3 Å². The number of alkyl carbamates (subject to hydrolysis) is 1. The summed E-state index contributed by atoms with van der Waals surface area (Å²) in [6.07, 6.45) is 4.09. The van der Waals surface area contributed by atoms with Gasteiger partial charge in [-0.05, 0) is 69.0 Å². The first-order valence-corrected chi connectivity index (χ1v) is 13.3. The summed E-state index contributed by atoms with van der Waals surface area (Å²) in [4.78, 5) is 32.0. The minimum Gasteiger partial charge on any atom is -0.444 e. The Morgan fingerprint density at radius 2 is 1.86 bits per heavy atom. The van der Waals surface area contributed by atoms with Crippen LogP contribution in [0.3, 0.4) is 0 Å². The molecular formula is C27H26N4O5S. The third kappa shape index (κ3) is 4.60. The summed E-state index contributed by atoms with van der Waals surface area (Å²) >= 11 is 0. The standard InChI is InChI=1S/C27H26N4O5S/c1-27(2,3)36-26(33)30-22-11-9-19-20(22)10-12-24-21(19)13-25(23-15-28-17(16-32)14-29-23)31(24)37(34,35)18-7-5-4-6-8-18/h4-8,10,12-16,22H,9,11H2,1-3H3,(H,30,33)/t22-/m1/s1. The van der Waals surface area contributed by atoms with Crippen molar-refractivity contribution < 1.29 is 22.7 Å². The van der Waals surface area contributed by atoms with Crippen molar-refractivity contribution in [3.63, 3.8) is 0 Å². The number of hydrogen-bond acceptors (Lipinski definition) is 7. The number of hydrogen-bond donors (Lipinski definition) is 1. The van der Waals surface area contributed by atoms with E-state index in [9.17, 15) is 18.0 Å². The first-order valence-electron chi connectivity index (χ1n) is 11.8. The Kier molecular flexibility index (Phi) is 6.07. The topological polar surface area (TPSA) is 120 Å². The summed E-state index contributed by atoms with van der Waals surface area (Å²) in [5.74, 6) is 0. The average Bonchev–Trinajstić information content (AvgIpc) is 3.45. The normalized spacial score (nSPS) is 15.4. The van der Waals surface area contributed by atoms with Gasteiger partial charge in [-0.2, -0.15) is 0 Å². The van der Waals surface area contributed by atoms with Crippen LogP contribution in [0.1, 0.15) is 54.8 Å². The van der Waals surface area contributed by atoms with E-state index < -0.39 is 21.7 Å². The molecule has 4 aromatic rings. The van der Waals surface area contributed by atoms with Gasteiger partial charge in [-0.3, -0.25) is 9.78 Å². The van der Waals surface area contributed by atoms with E-state index >= 15 is 0 Å². The maximum atomic E-state index is 13.9. The second kappa shape index (κ2) is 9.11. The second-order valence-corrected chi connectivity index (χ2v) is 11.6. The van der Waals surface area contributed by atoms with Crippen LogP contribution >= 0.6 is 0 Å². The molecule has 5 rings (SSSR count).